The molecule has 3 N–H and O–H groups in total. The number of fused-ring (bicyclic) bond motifs is 3. The quantitative estimate of drug-likeness (QED) is 0.172. The fraction of sp³-hybridized carbons (Fsp3) is 0.562. The van der Waals surface area contributed by atoms with E-state index < -0.39 is 86.4 Å². The van der Waals surface area contributed by atoms with Gasteiger partial charge in [-0.1, -0.05) is 26.0 Å². The first kappa shape index (κ1) is 47.5. The van der Waals surface area contributed by atoms with Crippen LogP contribution in [0, 0.1) is 17.8 Å². The Hall–Kier alpha value is -5.45. The number of methoxy groups -OCH3 is 1. The summed E-state index contributed by atoms with van der Waals surface area (Å²) >= 11 is 0. The zero-order valence-electron chi connectivity index (χ0n) is 38.4. The molecule has 2 aliphatic carbocycles. The smallest absolute Gasteiger partial charge is 0.408 e. The van der Waals surface area contributed by atoms with Crippen LogP contribution >= 0.6 is 0 Å². The van der Waals surface area contributed by atoms with Crippen LogP contribution in [0.15, 0.2) is 60.7 Å². The number of sulfonamides is 1. The third kappa shape index (κ3) is 10.5. The summed E-state index contributed by atoms with van der Waals surface area (Å²) in [5.41, 5.74) is -1.19. The molecule has 7 atom stereocenters. The van der Waals surface area contributed by atoms with Crippen molar-refractivity contribution >= 4 is 44.6 Å². The third-order valence-electron chi connectivity index (χ3n) is 12.7. The van der Waals surface area contributed by atoms with Crippen molar-refractivity contribution in [2.24, 2.45) is 17.8 Å². The highest BCUT2D eigenvalue weighted by molar-refractivity contribution is 7.91. The van der Waals surface area contributed by atoms with Gasteiger partial charge in [-0.05, 0) is 139 Å². The lowest BCUT2D eigenvalue weighted by atomic mass is 9.88. The van der Waals surface area contributed by atoms with Gasteiger partial charge in [0, 0.05) is 23.3 Å². The van der Waals surface area contributed by atoms with Crippen LogP contribution < -0.4 is 29.6 Å². The number of aromatic nitrogens is 1. The van der Waals surface area contributed by atoms with Crippen LogP contribution in [0.4, 0.5) is 9.18 Å². The van der Waals surface area contributed by atoms with Gasteiger partial charge in [-0.2, -0.15) is 0 Å². The lowest BCUT2D eigenvalue weighted by Crippen LogP contribution is -2.59. The molecule has 4 amide bonds. The number of halogens is 1. The largest absolute Gasteiger partial charge is 0.497 e. The molecule has 0 spiro atoms. The van der Waals surface area contributed by atoms with Gasteiger partial charge in [-0.15, -0.1) is 0 Å². The number of benzene rings is 2. The molecule has 0 radical (unpaired) electrons. The Bertz CT molecular complexity index is 2440. The van der Waals surface area contributed by atoms with E-state index >= 15 is 4.79 Å². The van der Waals surface area contributed by atoms with Gasteiger partial charge in [0.05, 0.1) is 25.5 Å². The first-order chi connectivity index (χ1) is 30.7. The average molecular weight is 920 g/mol. The van der Waals surface area contributed by atoms with Gasteiger partial charge >= 0.3 is 6.09 Å². The Balaban J connectivity index is 1.26. The molecular weight excluding hydrogens is 858 g/mol. The van der Waals surface area contributed by atoms with E-state index in [4.69, 9.17) is 23.9 Å². The molecular formula is C48H62FN5O10S. The van der Waals surface area contributed by atoms with Crippen molar-refractivity contribution in [2.45, 2.75) is 134 Å². The third-order valence-corrected chi connectivity index (χ3v) is 14.9. The zero-order chi connectivity index (χ0) is 47.1. The SMILES string of the molecule is COc1ccc2c(O[C@@H]3C[C@H]4C(=O)N[C@]5(C(=O)NS(=O)(=O)C6(CF)CC6)C[C@H]5/C=C\CC[C@@H](C)C[C@@H](C)[C@H](NC(=O)OC(C)(C)C)C(=O)N4C3)nc(-c3ccc(OC(C)C)cc3)cc2c1. The van der Waals surface area contributed by atoms with Crippen molar-refractivity contribution in [1.29, 1.82) is 0 Å². The number of carbonyl (C=O) groups excluding carboxylic acids is 4. The summed E-state index contributed by atoms with van der Waals surface area (Å²) in [6.45, 7) is 11.7. The maximum atomic E-state index is 15.1. The Kier molecular flexibility index (Phi) is 13.5. The van der Waals surface area contributed by atoms with Gasteiger partial charge in [0.2, 0.25) is 27.7 Å². The summed E-state index contributed by atoms with van der Waals surface area (Å²) in [6.07, 6.45) is 4.15. The number of amides is 4. The summed E-state index contributed by atoms with van der Waals surface area (Å²) in [7, 11) is -2.85. The van der Waals surface area contributed by atoms with E-state index in [2.05, 4.69) is 22.3 Å². The Morgan fingerprint density at radius 3 is 2.38 bits per heavy atom. The number of rotatable bonds is 11. The molecule has 3 fully saturated rings. The van der Waals surface area contributed by atoms with Crippen molar-refractivity contribution in [3.63, 3.8) is 0 Å². The van der Waals surface area contributed by atoms with E-state index in [1.165, 1.54) is 4.90 Å². The lowest BCUT2D eigenvalue weighted by molar-refractivity contribution is -0.142. The van der Waals surface area contributed by atoms with Crippen LogP contribution in [0.3, 0.4) is 0 Å². The highest BCUT2D eigenvalue weighted by Gasteiger charge is 2.64. The molecule has 352 valence electrons. The topological polar surface area (TPSA) is 192 Å². The normalized spacial score (nSPS) is 27.3. The number of allylic oxidation sites excluding steroid dienone is 1. The van der Waals surface area contributed by atoms with Crippen molar-refractivity contribution in [1.82, 2.24) is 25.2 Å². The maximum absolute atomic E-state index is 15.1. The predicted octanol–water partition coefficient (Wildman–Crippen LogP) is 6.77. The Morgan fingerprint density at radius 1 is 1.03 bits per heavy atom. The van der Waals surface area contributed by atoms with Gasteiger partial charge in [0.15, 0.2) is 0 Å². The van der Waals surface area contributed by atoms with Crippen LogP contribution in [-0.4, -0.2) is 103 Å². The number of pyridine rings is 1. The van der Waals surface area contributed by atoms with E-state index in [0.717, 1.165) is 10.9 Å². The number of hydrogen-bond donors (Lipinski definition) is 3. The summed E-state index contributed by atoms with van der Waals surface area (Å²) in [4.78, 5) is 63.6. The van der Waals surface area contributed by atoms with Crippen LogP contribution in [0.25, 0.3) is 22.0 Å². The van der Waals surface area contributed by atoms with Crippen molar-refractivity contribution < 1.29 is 50.9 Å². The van der Waals surface area contributed by atoms with Crippen LogP contribution in [0.1, 0.15) is 93.4 Å². The Labute approximate surface area is 380 Å². The van der Waals surface area contributed by atoms with Gasteiger partial charge < -0.3 is 34.5 Å². The number of alkyl halides is 1. The van der Waals surface area contributed by atoms with E-state index in [0.29, 0.717) is 41.8 Å². The highest BCUT2D eigenvalue weighted by Crippen LogP contribution is 2.48. The number of carbonyl (C=O) groups is 4. The molecule has 3 aromatic rings. The molecule has 2 saturated carbocycles. The van der Waals surface area contributed by atoms with Crippen molar-refractivity contribution in [3.05, 3.63) is 60.7 Å². The molecule has 2 aromatic carbocycles. The second kappa shape index (κ2) is 18.4. The number of nitrogens with zero attached hydrogens (tertiary/aromatic N) is 2. The Morgan fingerprint density at radius 2 is 1.74 bits per heavy atom. The molecule has 3 heterocycles. The van der Waals surface area contributed by atoms with E-state index in [9.17, 15) is 27.2 Å². The second-order valence-corrected chi connectivity index (χ2v) is 21.6. The molecule has 65 heavy (non-hydrogen) atoms. The molecule has 4 aliphatic rings. The number of hydrogen-bond acceptors (Lipinski definition) is 11. The number of ether oxygens (including phenoxy) is 4. The van der Waals surface area contributed by atoms with Gasteiger partial charge in [0.25, 0.3) is 5.91 Å². The van der Waals surface area contributed by atoms with Crippen LogP contribution in [0.2, 0.25) is 0 Å². The van der Waals surface area contributed by atoms with Crippen LogP contribution in [-0.2, 0) is 29.1 Å². The first-order valence-corrected chi connectivity index (χ1v) is 24.0. The summed E-state index contributed by atoms with van der Waals surface area (Å²) in [5, 5.41) is 7.08. The number of alkyl carbamates (subject to hydrolysis) is 1. The van der Waals surface area contributed by atoms with Crippen LogP contribution in [0.5, 0.6) is 17.4 Å². The summed E-state index contributed by atoms with van der Waals surface area (Å²) in [5.74, 6) is -1.57. The van der Waals surface area contributed by atoms with Gasteiger partial charge in [-0.3, -0.25) is 19.1 Å². The van der Waals surface area contributed by atoms with Crippen molar-refractivity contribution in [3.8, 4) is 28.6 Å². The number of nitrogens with one attached hydrogen (secondary N) is 3. The fourth-order valence-corrected chi connectivity index (χ4v) is 10.3. The summed E-state index contributed by atoms with van der Waals surface area (Å²) in [6, 6.07) is 12.5. The molecule has 1 aromatic heterocycles. The minimum absolute atomic E-state index is 0.0134. The van der Waals surface area contributed by atoms with E-state index in [1.54, 1.807) is 33.9 Å². The average Bonchev–Trinajstić information content (AvgIpc) is 4.14. The summed E-state index contributed by atoms with van der Waals surface area (Å²) < 4.78 is 64.8. The standard InChI is InChI=1S/C48H62FN5O10S/c1-28(2)62-34-15-13-31(14-16-34)38-23-32-22-35(61-8)17-18-37(32)42(50-38)63-36-24-39-41(55)52-48(44(57)53-65(59,60)47(27-49)19-20-47)25-33(48)12-10-9-11-29(3)21-30(4)40(43(56)54(39)26-36)51-45(58)64-46(5,6)7/h10,12-18,22-23,28-30,33,36,39-40H,9,11,19-21,24-27H2,1-8H3,(H,51,58)(H,52,55)(H,53,57)/b12-10-/t29-,30-,33-,36-,39+,40+,48-/m1/s1. The van der Waals surface area contributed by atoms with Gasteiger partial charge in [-0.25, -0.2) is 22.6 Å². The predicted molar refractivity (Wildman–Crippen MR) is 242 cm³/mol. The second-order valence-electron chi connectivity index (χ2n) is 19.5. The molecule has 0 unspecified atom stereocenters. The molecule has 1 saturated heterocycles. The first-order valence-electron chi connectivity index (χ1n) is 22.5. The van der Waals surface area contributed by atoms with E-state index in [1.807, 2.05) is 75.4 Å². The minimum Gasteiger partial charge on any atom is -0.497 e. The van der Waals surface area contributed by atoms with Crippen molar-refractivity contribution in [2.75, 3.05) is 20.3 Å². The molecule has 15 nitrogen and oxygen atoms in total. The minimum atomic E-state index is -4.42. The molecule has 2 aliphatic heterocycles. The molecule has 7 rings (SSSR count). The van der Waals surface area contributed by atoms with E-state index in [-0.39, 0.29) is 50.1 Å². The zero-order valence-corrected chi connectivity index (χ0v) is 39.3. The van der Waals surface area contributed by atoms with Gasteiger partial charge in [0.1, 0.15) is 52.2 Å². The fourth-order valence-electron chi connectivity index (χ4n) is 8.89. The monoisotopic (exact) mass is 919 g/mol. The molecule has 0 bridgehead atoms. The highest BCUT2D eigenvalue weighted by atomic mass is 32.2. The molecule has 17 heteroatoms. The maximum Gasteiger partial charge on any atom is 0.408 e. The lowest BCUT2D eigenvalue weighted by Gasteiger charge is -2.33.